The third-order valence-corrected chi connectivity index (χ3v) is 6.93. The number of nitrogens with zero attached hydrogens (tertiary/aromatic N) is 4. The molecule has 0 spiro atoms. The largest absolute Gasteiger partial charge is 0.368 e. The van der Waals surface area contributed by atoms with E-state index in [1.807, 2.05) is 6.07 Å². The van der Waals surface area contributed by atoms with E-state index in [1.54, 1.807) is 18.5 Å². The normalized spacial score (nSPS) is 25.6. The maximum Gasteiger partial charge on any atom is 0.153 e. The molecule has 4 rings (SSSR count). The Morgan fingerprint density at radius 2 is 1.88 bits per heavy atom. The molecule has 2 aliphatic heterocycles. The molecule has 2 aromatic rings. The molecule has 0 unspecified atom stereocenters. The van der Waals surface area contributed by atoms with Crippen molar-refractivity contribution in [3.05, 3.63) is 30.1 Å². The zero-order valence-electron chi connectivity index (χ0n) is 14.6. The first kappa shape index (κ1) is 17.2. The lowest BCUT2D eigenvalue weighted by Crippen LogP contribution is -2.58. The van der Waals surface area contributed by atoms with Gasteiger partial charge in [-0.1, -0.05) is 6.92 Å². The van der Waals surface area contributed by atoms with Crippen molar-refractivity contribution >= 4 is 26.6 Å². The van der Waals surface area contributed by atoms with Crippen LogP contribution in [0, 0.1) is 17.2 Å². The second-order valence-corrected chi connectivity index (χ2v) is 9.53. The number of benzene rings is 1. The summed E-state index contributed by atoms with van der Waals surface area (Å²) in [7, 11) is -2.82. The first-order chi connectivity index (χ1) is 12.4. The summed E-state index contributed by atoms with van der Waals surface area (Å²) in [6.07, 6.45) is 4.27. The van der Waals surface area contributed by atoms with Crippen molar-refractivity contribution in [2.45, 2.75) is 25.4 Å². The van der Waals surface area contributed by atoms with Gasteiger partial charge in [0.2, 0.25) is 0 Å². The summed E-state index contributed by atoms with van der Waals surface area (Å²) in [6, 6.07) is 6.22. The lowest BCUT2D eigenvalue weighted by molar-refractivity contribution is 0.329. The van der Waals surface area contributed by atoms with E-state index in [1.165, 1.54) is 0 Å². The number of anilines is 1. The number of rotatable bonds is 3. The Balaban J connectivity index is 1.59. The smallest absolute Gasteiger partial charge is 0.153 e. The van der Waals surface area contributed by atoms with Gasteiger partial charge in [0.1, 0.15) is 17.1 Å². The molecule has 0 aliphatic carbocycles. The second-order valence-electron chi connectivity index (χ2n) is 7.38. The van der Waals surface area contributed by atoms with Crippen molar-refractivity contribution in [1.29, 1.82) is 5.26 Å². The first-order valence-corrected chi connectivity index (χ1v) is 10.6. The summed E-state index contributed by atoms with van der Waals surface area (Å²) in [5.41, 5.74) is 2.87. The van der Waals surface area contributed by atoms with Gasteiger partial charge in [-0.15, -0.1) is 0 Å². The molecule has 2 atom stereocenters. The van der Waals surface area contributed by atoms with Gasteiger partial charge < -0.3 is 10.2 Å². The minimum absolute atomic E-state index is 0.0645. The fraction of sp³-hybridized carbons (Fsp3) is 0.500. The summed E-state index contributed by atoms with van der Waals surface area (Å²) in [5, 5.41) is 12.8. The van der Waals surface area contributed by atoms with Gasteiger partial charge in [-0.25, -0.2) is 8.42 Å². The quantitative estimate of drug-likeness (QED) is 0.862. The van der Waals surface area contributed by atoms with Crippen LogP contribution in [0.15, 0.2) is 24.5 Å². The molecule has 0 saturated carbocycles. The molecule has 26 heavy (non-hydrogen) atoms. The molecule has 0 radical (unpaired) electrons. The van der Waals surface area contributed by atoms with Gasteiger partial charge in [0.25, 0.3) is 0 Å². The van der Waals surface area contributed by atoms with Crippen molar-refractivity contribution in [2.75, 3.05) is 29.5 Å². The summed E-state index contributed by atoms with van der Waals surface area (Å²) in [6.45, 7) is 3.90. The minimum atomic E-state index is -2.82. The predicted molar refractivity (Wildman–Crippen MR) is 99.6 cm³/mol. The van der Waals surface area contributed by atoms with Crippen LogP contribution in [0.4, 0.5) is 5.69 Å². The van der Waals surface area contributed by atoms with Crippen LogP contribution in [0.25, 0.3) is 11.0 Å². The molecule has 136 valence electrons. The standard InChI is InChI=1S/C18H21N5O2S/c1-12-6-14(22-15-10-26(24,25)11-15)9-23(8-12)16-3-2-13(7-19)17-18(16)21-5-4-20-17/h2-5,12,14-15,22H,6,8-11H2,1H3/t12-,14+/m0/s1. The van der Waals surface area contributed by atoms with Crippen LogP contribution in [0.1, 0.15) is 18.9 Å². The van der Waals surface area contributed by atoms with Crippen LogP contribution < -0.4 is 10.2 Å². The van der Waals surface area contributed by atoms with E-state index in [0.29, 0.717) is 17.0 Å². The summed E-state index contributed by atoms with van der Waals surface area (Å²) >= 11 is 0. The van der Waals surface area contributed by atoms with Gasteiger partial charge >= 0.3 is 0 Å². The van der Waals surface area contributed by atoms with E-state index < -0.39 is 9.84 Å². The number of piperidine rings is 1. The monoisotopic (exact) mass is 371 g/mol. The van der Waals surface area contributed by atoms with E-state index in [9.17, 15) is 13.7 Å². The SMILES string of the molecule is C[C@H]1C[C@@H](NC2CS(=O)(=O)C2)CN(c2ccc(C#N)c3nccnc23)C1. The highest BCUT2D eigenvalue weighted by molar-refractivity contribution is 7.92. The molecular weight excluding hydrogens is 350 g/mol. The van der Waals surface area contributed by atoms with Crippen LogP contribution in [0.2, 0.25) is 0 Å². The molecule has 1 N–H and O–H groups in total. The van der Waals surface area contributed by atoms with Crippen molar-refractivity contribution in [1.82, 2.24) is 15.3 Å². The molecule has 3 heterocycles. The summed E-state index contributed by atoms with van der Waals surface area (Å²) < 4.78 is 22.8. The first-order valence-electron chi connectivity index (χ1n) is 8.80. The number of hydrogen-bond acceptors (Lipinski definition) is 7. The van der Waals surface area contributed by atoms with Crippen molar-refractivity contribution in [2.24, 2.45) is 5.92 Å². The van der Waals surface area contributed by atoms with Crippen LogP contribution in [-0.2, 0) is 9.84 Å². The number of aromatic nitrogens is 2. The molecule has 0 bridgehead atoms. The highest BCUT2D eigenvalue weighted by Gasteiger charge is 2.36. The van der Waals surface area contributed by atoms with Gasteiger partial charge in [-0.3, -0.25) is 9.97 Å². The van der Waals surface area contributed by atoms with Crippen molar-refractivity contribution < 1.29 is 8.42 Å². The molecule has 2 fully saturated rings. The molecule has 1 aromatic heterocycles. The predicted octanol–water partition coefficient (Wildman–Crippen LogP) is 1.10. The molecule has 2 aliphatic rings. The molecule has 0 amide bonds. The van der Waals surface area contributed by atoms with Crippen LogP contribution in [-0.4, -0.2) is 55.1 Å². The number of hydrogen-bond donors (Lipinski definition) is 1. The van der Waals surface area contributed by atoms with Crippen LogP contribution in [0.5, 0.6) is 0 Å². The zero-order valence-corrected chi connectivity index (χ0v) is 15.4. The Labute approximate surface area is 153 Å². The Morgan fingerprint density at radius 1 is 1.15 bits per heavy atom. The highest BCUT2D eigenvalue weighted by Crippen LogP contribution is 2.30. The summed E-state index contributed by atoms with van der Waals surface area (Å²) in [5.74, 6) is 0.951. The Kier molecular flexibility index (Phi) is 4.29. The molecule has 2 saturated heterocycles. The highest BCUT2D eigenvalue weighted by atomic mass is 32.2. The topological polar surface area (TPSA) is 99.0 Å². The number of nitrogens with one attached hydrogen (secondary N) is 1. The third kappa shape index (κ3) is 3.24. The van der Waals surface area contributed by atoms with Gasteiger partial charge in [0.15, 0.2) is 9.84 Å². The number of nitriles is 1. The average molecular weight is 371 g/mol. The van der Waals surface area contributed by atoms with Gasteiger partial charge in [-0.05, 0) is 24.5 Å². The average Bonchev–Trinajstić information content (AvgIpc) is 2.58. The number of sulfone groups is 1. The molecular formula is C18H21N5O2S. The van der Waals surface area contributed by atoms with E-state index in [-0.39, 0.29) is 23.6 Å². The van der Waals surface area contributed by atoms with Crippen molar-refractivity contribution in [3.63, 3.8) is 0 Å². The van der Waals surface area contributed by atoms with Gasteiger partial charge in [-0.2, -0.15) is 5.26 Å². The maximum atomic E-state index is 11.4. The Hall–Kier alpha value is -2.24. The van der Waals surface area contributed by atoms with Crippen LogP contribution >= 0.6 is 0 Å². The van der Waals surface area contributed by atoms with E-state index in [2.05, 4.69) is 33.2 Å². The minimum Gasteiger partial charge on any atom is -0.368 e. The Bertz CT molecular complexity index is 973. The van der Waals surface area contributed by atoms with Crippen LogP contribution in [0.3, 0.4) is 0 Å². The van der Waals surface area contributed by atoms with Gasteiger partial charge in [0, 0.05) is 37.6 Å². The fourth-order valence-electron chi connectivity index (χ4n) is 4.05. The van der Waals surface area contributed by atoms with E-state index >= 15 is 0 Å². The molecule has 1 aromatic carbocycles. The third-order valence-electron chi connectivity index (χ3n) is 5.11. The van der Waals surface area contributed by atoms with Crippen molar-refractivity contribution in [3.8, 4) is 6.07 Å². The maximum absolute atomic E-state index is 11.4. The zero-order chi connectivity index (χ0) is 18.3. The Morgan fingerprint density at radius 3 is 2.58 bits per heavy atom. The van der Waals surface area contributed by atoms with Gasteiger partial charge in [0.05, 0.1) is 22.8 Å². The summed E-state index contributed by atoms with van der Waals surface area (Å²) in [4.78, 5) is 11.1. The van der Waals surface area contributed by atoms with E-state index in [4.69, 9.17) is 0 Å². The lowest BCUT2D eigenvalue weighted by atomic mass is 9.94. The van der Waals surface area contributed by atoms with E-state index in [0.717, 1.165) is 30.7 Å². The lowest BCUT2D eigenvalue weighted by Gasteiger charge is -2.41. The number of fused-ring (bicyclic) bond motifs is 1. The second kappa shape index (κ2) is 6.49. The molecule has 8 heteroatoms. The fourth-order valence-corrected chi connectivity index (χ4v) is 5.37. The molecule has 7 nitrogen and oxygen atoms in total.